The lowest BCUT2D eigenvalue weighted by Gasteiger charge is -2.13. The number of hydrogen-bond acceptors (Lipinski definition) is 6. The minimum absolute atomic E-state index is 0.296. The maximum absolute atomic E-state index is 10.6. The number of rotatable bonds is 4. The zero-order chi connectivity index (χ0) is 13.1. The molecule has 0 amide bonds. The summed E-state index contributed by atoms with van der Waals surface area (Å²) < 4.78 is 1.31. The number of hydrogen-bond donors (Lipinski definition) is 3. The van der Waals surface area contributed by atoms with Gasteiger partial charge in [0.2, 0.25) is 6.23 Å². The molecule has 0 aliphatic rings. The number of carbonyl (C=O) groups is 1. The molecular formula is C9H8ClN5O3. The standard InChI is InChI=1S/C9H8ClN5O3/c10-5-1-2-7(15-4-11-13-14-15)6(3-5)12-8(16)9(17)18/h1-4,8,12,16H,(H,17,18). The number of aliphatic hydroxyl groups is 1. The number of nitrogens with zero attached hydrogens (tertiary/aromatic N) is 4. The van der Waals surface area contributed by atoms with E-state index in [1.54, 1.807) is 12.1 Å². The second-order valence-corrected chi connectivity index (χ2v) is 3.74. The number of carboxylic acid groups (broad SMARTS) is 1. The van der Waals surface area contributed by atoms with Crippen molar-refractivity contribution in [1.82, 2.24) is 20.2 Å². The molecule has 1 aromatic heterocycles. The summed E-state index contributed by atoms with van der Waals surface area (Å²) >= 11 is 5.81. The molecule has 2 aromatic rings. The maximum Gasteiger partial charge on any atom is 0.353 e. The quantitative estimate of drug-likeness (QED) is 0.676. The molecule has 9 heteroatoms. The van der Waals surface area contributed by atoms with Crippen molar-refractivity contribution in [2.75, 3.05) is 5.32 Å². The van der Waals surface area contributed by atoms with E-state index in [1.807, 2.05) is 0 Å². The fourth-order valence-electron chi connectivity index (χ4n) is 1.30. The molecule has 0 aliphatic heterocycles. The van der Waals surface area contributed by atoms with Crippen molar-refractivity contribution in [2.45, 2.75) is 6.23 Å². The molecule has 0 saturated carbocycles. The Bertz CT molecular complexity index is 559. The Labute approximate surface area is 106 Å². The molecule has 94 valence electrons. The molecule has 1 aromatic carbocycles. The summed E-state index contributed by atoms with van der Waals surface area (Å²) in [5.41, 5.74) is 0.759. The first kappa shape index (κ1) is 12.3. The fourth-order valence-corrected chi connectivity index (χ4v) is 1.48. The largest absolute Gasteiger partial charge is 0.478 e. The summed E-state index contributed by atoms with van der Waals surface area (Å²) in [6.45, 7) is 0. The first-order chi connectivity index (χ1) is 8.58. The number of aliphatic carboxylic acids is 1. The van der Waals surface area contributed by atoms with Crippen molar-refractivity contribution >= 4 is 23.3 Å². The van der Waals surface area contributed by atoms with Crippen molar-refractivity contribution in [3.63, 3.8) is 0 Å². The predicted octanol–water partition coefficient (Wildman–Crippen LogP) is 0.131. The minimum Gasteiger partial charge on any atom is -0.478 e. The highest BCUT2D eigenvalue weighted by Crippen LogP contribution is 2.24. The average Bonchev–Trinajstić information content (AvgIpc) is 2.82. The van der Waals surface area contributed by atoms with E-state index < -0.39 is 12.2 Å². The lowest BCUT2D eigenvalue weighted by atomic mass is 10.2. The van der Waals surface area contributed by atoms with E-state index in [0.717, 1.165) is 0 Å². The van der Waals surface area contributed by atoms with Crippen molar-refractivity contribution in [3.05, 3.63) is 29.5 Å². The van der Waals surface area contributed by atoms with Crippen LogP contribution in [0.2, 0.25) is 5.02 Å². The van der Waals surface area contributed by atoms with Gasteiger partial charge in [-0.3, -0.25) is 0 Å². The monoisotopic (exact) mass is 269 g/mol. The molecule has 0 aliphatic carbocycles. The van der Waals surface area contributed by atoms with Crippen LogP contribution >= 0.6 is 11.6 Å². The van der Waals surface area contributed by atoms with Crippen LogP contribution < -0.4 is 5.32 Å². The molecule has 0 bridgehead atoms. The van der Waals surface area contributed by atoms with E-state index in [0.29, 0.717) is 16.4 Å². The van der Waals surface area contributed by atoms with Crippen LogP contribution in [0.4, 0.5) is 5.69 Å². The van der Waals surface area contributed by atoms with Crippen LogP contribution in [0.1, 0.15) is 0 Å². The molecule has 0 radical (unpaired) electrons. The third-order valence-electron chi connectivity index (χ3n) is 2.08. The Balaban J connectivity index is 2.38. The molecule has 18 heavy (non-hydrogen) atoms. The van der Waals surface area contributed by atoms with Gasteiger partial charge in [0, 0.05) is 5.02 Å². The topological polar surface area (TPSA) is 113 Å². The second kappa shape index (κ2) is 4.98. The molecule has 0 saturated heterocycles. The van der Waals surface area contributed by atoms with Crippen LogP contribution in [0.5, 0.6) is 0 Å². The molecule has 1 heterocycles. The fraction of sp³-hybridized carbons (Fsp3) is 0.111. The molecule has 8 nitrogen and oxygen atoms in total. The lowest BCUT2D eigenvalue weighted by Crippen LogP contribution is -2.29. The summed E-state index contributed by atoms with van der Waals surface area (Å²) in [7, 11) is 0. The zero-order valence-electron chi connectivity index (χ0n) is 8.86. The molecular weight excluding hydrogens is 262 g/mol. The Morgan fingerprint density at radius 1 is 1.50 bits per heavy atom. The first-order valence-corrected chi connectivity index (χ1v) is 5.16. The van der Waals surface area contributed by atoms with Gasteiger partial charge in [0.1, 0.15) is 6.33 Å². The second-order valence-electron chi connectivity index (χ2n) is 3.30. The summed E-state index contributed by atoms with van der Waals surface area (Å²) in [5.74, 6) is -1.40. The van der Waals surface area contributed by atoms with Gasteiger partial charge in [-0.2, -0.15) is 4.68 Å². The maximum atomic E-state index is 10.6. The summed E-state index contributed by atoms with van der Waals surface area (Å²) in [4.78, 5) is 10.6. The van der Waals surface area contributed by atoms with Gasteiger partial charge in [0.15, 0.2) is 0 Å². The lowest BCUT2D eigenvalue weighted by molar-refractivity contribution is -0.145. The minimum atomic E-state index is -1.75. The summed E-state index contributed by atoms with van der Waals surface area (Å²) in [5, 5.41) is 31.3. The molecule has 0 spiro atoms. The number of aromatic nitrogens is 4. The highest BCUT2D eigenvalue weighted by molar-refractivity contribution is 6.31. The smallest absolute Gasteiger partial charge is 0.353 e. The van der Waals surface area contributed by atoms with E-state index in [-0.39, 0.29) is 0 Å². The van der Waals surface area contributed by atoms with Gasteiger partial charge in [-0.1, -0.05) is 11.6 Å². The van der Waals surface area contributed by atoms with Crippen LogP contribution in [0.15, 0.2) is 24.5 Å². The summed E-state index contributed by atoms with van der Waals surface area (Å²) in [6.07, 6.45) is -0.416. The number of aliphatic hydroxyl groups excluding tert-OH is 1. The number of nitrogens with one attached hydrogen (secondary N) is 1. The van der Waals surface area contributed by atoms with E-state index in [1.165, 1.54) is 17.1 Å². The van der Waals surface area contributed by atoms with Crippen molar-refractivity contribution < 1.29 is 15.0 Å². The van der Waals surface area contributed by atoms with Crippen LogP contribution in [0.3, 0.4) is 0 Å². The van der Waals surface area contributed by atoms with Gasteiger partial charge in [0.25, 0.3) is 0 Å². The number of anilines is 1. The van der Waals surface area contributed by atoms with Gasteiger partial charge < -0.3 is 15.5 Å². The number of carboxylic acids is 1. The molecule has 2 rings (SSSR count). The SMILES string of the molecule is O=C(O)C(O)Nc1cc(Cl)ccc1-n1cnnn1. The van der Waals surface area contributed by atoms with Crippen molar-refractivity contribution in [1.29, 1.82) is 0 Å². The van der Waals surface area contributed by atoms with Crippen LogP contribution in [-0.2, 0) is 4.79 Å². The number of halogens is 1. The molecule has 1 atom stereocenters. The van der Waals surface area contributed by atoms with E-state index in [2.05, 4.69) is 20.8 Å². The average molecular weight is 270 g/mol. The first-order valence-electron chi connectivity index (χ1n) is 4.78. The van der Waals surface area contributed by atoms with Gasteiger partial charge in [-0.15, -0.1) is 5.10 Å². The number of benzene rings is 1. The van der Waals surface area contributed by atoms with Crippen molar-refractivity contribution in [3.8, 4) is 5.69 Å². The third kappa shape index (κ3) is 2.55. The molecule has 3 N–H and O–H groups in total. The van der Waals surface area contributed by atoms with E-state index >= 15 is 0 Å². The number of tetrazole rings is 1. The predicted molar refractivity (Wildman–Crippen MR) is 61.4 cm³/mol. The Hall–Kier alpha value is -2.19. The van der Waals surface area contributed by atoms with E-state index in [4.69, 9.17) is 16.7 Å². The van der Waals surface area contributed by atoms with Crippen LogP contribution in [-0.4, -0.2) is 42.6 Å². The normalized spacial score (nSPS) is 12.1. The molecule has 0 fully saturated rings. The Morgan fingerprint density at radius 3 is 2.89 bits per heavy atom. The zero-order valence-corrected chi connectivity index (χ0v) is 9.61. The Kier molecular flexibility index (Phi) is 3.40. The summed E-state index contributed by atoms with van der Waals surface area (Å²) in [6, 6.07) is 4.65. The van der Waals surface area contributed by atoms with Gasteiger partial charge in [-0.05, 0) is 28.6 Å². The third-order valence-corrected chi connectivity index (χ3v) is 2.32. The highest BCUT2D eigenvalue weighted by atomic mass is 35.5. The van der Waals surface area contributed by atoms with E-state index in [9.17, 15) is 9.90 Å². The van der Waals surface area contributed by atoms with Gasteiger partial charge >= 0.3 is 5.97 Å². The highest BCUT2D eigenvalue weighted by Gasteiger charge is 2.16. The van der Waals surface area contributed by atoms with Gasteiger partial charge in [-0.25, -0.2) is 4.79 Å². The van der Waals surface area contributed by atoms with Crippen LogP contribution in [0.25, 0.3) is 5.69 Å². The van der Waals surface area contributed by atoms with Crippen LogP contribution in [0, 0.1) is 0 Å². The van der Waals surface area contributed by atoms with Crippen molar-refractivity contribution in [2.24, 2.45) is 0 Å². The van der Waals surface area contributed by atoms with Gasteiger partial charge in [0.05, 0.1) is 11.4 Å². The Morgan fingerprint density at radius 2 is 2.28 bits per heavy atom. The molecule has 1 unspecified atom stereocenters.